The van der Waals surface area contributed by atoms with E-state index in [1.165, 1.54) is 0 Å². The molecule has 0 atom stereocenters. The summed E-state index contributed by atoms with van der Waals surface area (Å²) in [6, 6.07) is 11.0. The molecule has 0 saturated heterocycles. The summed E-state index contributed by atoms with van der Waals surface area (Å²) in [6.07, 6.45) is 0.715. The third kappa shape index (κ3) is 8.07. The van der Waals surface area contributed by atoms with Gasteiger partial charge in [-0.2, -0.15) is 0 Å². The average molecular weight is 1160 g/mol. The molecular formula is C21H12Br10O4Si. The largest absolute Gasteiger partial charge is 0.893 e. The zero-order valence-corrected chi connectivity index (χ0v) is 34.4. The number of benzene rings is 3. The number of alkyl halides is 1. The van der Waals surface area contributed by atoms with Crippen molar-refractivity contribution in [1.82, 2.24) is 0 Å². The molecule has 0 spiro atoms. The Morgan fingerprint density at radius 1 is 0.500 bits per heavy atom. The molecule has 15 heteroatoms. The average Bonchev–Trinajstić information content (AvgIpc) is 2.85. The number of rotatable bonds is 10. The van der Waals surface area contributed by atoms with Gasteiger partial charge in [-0.1, -0.05) is 15.9 Å². The Morgan fingerprint density at radius 2 is 0.833 bits per heavy atom. The first-order valence-corrected chi connectivity index (χ1v) is 19.6. The van der Waals surface area contributed by atoms with Crippen LogP contribution in [0.3, 0.4) is 0 Å². The molecule has 3 rings (SSSR count). The maximum Gasteiger partial charge on any atom is 0.893 e. The Kier molecular flexibility index (Phi) is 13.4. The van der Waals surface area contributed by atoms with Crippen LogP contribution in [-0.2, 0) is 4.43 Å². The van der Waals surface area contributed by atoms with Crippen LogP contribution in [0.25, 0.3) is 0 Å². The maximum absolute atomic E-state index is 6.54. The fourth-order valence-electron chi connectivity index (χ4n) is 2.57. The first-order valence-electron chi connectivity index (χ1n) is 9.67. The van der Waals surface area contributed by atoms with E-state index >= 15 is 0 Å². The molecule has 0 aromatic heterocycles. The van der Waals surface area contributed by atoms with Crippen LogP contribution in [0.1, 0.15) is 6.42 Å². The summed E-state index contributed by atoms with van der Waals surface area (Å²) in [6.45, 7) is 0.331. The second kappa shape index (κ2) is 14.8. The molecule has 0 saturated carbocycles. The fourth-order valence-corrected chi connectivity index (χ4v) is 9.31. The highest BCUT2D eigenvalue weighted by Crippen LogP contribution is 2.44. The van der Waals surface area contributed by atoms with Crippen molar-refractivity contribution >= 4 is 168 Å². The lowest BCUT2D eigenvalue weighted by Crippen LogP contribution is -2.58. The van der Waals surface area contributed by atoms with Gasteiger partial charge in [0.1, 0.15) is 17.2 Å². The zero-order valence-electron chi connectivity index (χ0n) is 17.5. The van der Waals surface area contributed by atoms with Crippen molar-refractivity contribution in [3.8, 4) is 17.2 Å². The summed E-state index contributed by atoms with van der Waals surface area (Å²) in [5, 5.41) is 0.742. The summed E-state index contributed by atoms with van der Waals surface area (Å²) in [5.74, 6) is 1.44. The number of hydrogen-bond donors (Lipinski definition) is 0. The van der Waals surface area contributed by atoms with E-state index in [1.807, 2.05) is 18.2 Å². The van der Waals surface area contributed by atoms with Crippen LogP contribution < -0.4 is 13.3 Å². The minimum absolute atomic E-state index is 0.331. The van der Waals surface area contributed by atoms with Gasteiger partial charge in [0.15, 0.2) is 0 Å². The fraction of sp³-hybridized carbons (Fsp3) is 0.143. The highest BCUT2D eigenvalue weighted by molar-refractivity contribution is 9.15. The van der Waals surface area contributed by atoms with Gasteiger partial charge in [-0.05, 0) is 186 Å². The lowest BCUT2D eigenvalue weighted by Gasteiger charge is -2.30. The molecule has 0 unspecified atom stereocenters. The van der Waals surface area contributed by atoms with Crippen molar-refractivity contribution in [2.45, 2.75) is 6.42 Å². The lowest BCUT2D eigenvalue weighted by atomic mass is 10.3. The summed E-state index contributed by atoms with van der Waals surface area (Å²) >= 11 is 35.5. The molecule has 0 heterocycles. The molecule has 0 radical (unpaired) electrons. The van der Waals surface area contributed by atoms with Gasteiger partial charge in [0.25, 0.3) is 0 Å². The molecule has 36 heavy (non-hydrogen) atoms. The van der Waals surface area contributed by atoms with Gasteiger partial charge in [-0.15, -0.1) is 0 Å². The van der Waals surface area contributed by atoms with Crippen LogP contribution in [0.4, 0.5) is 0 Å². The predicted molar refractivity (Wildman–Crippen MR) is 181 cm³/mol. The smallest absolute Gasteiger partial charge is 0.460 e. The van der Waals surface area contributed by atoms with E-state index in [0.29, 0.717) is 43.7 Å². The number of hydrogen-bond acceptors (Lipinski definition) is 4. The molecule has 0 amide bonds. The van der Waals surface area contributed by atoms with Gasteiger partial charge >= 0.3 is 9.05 Å². The lowest BCUT2D eigenvalue weighted by molar-refractivity contribution is 0.0906. The summed E-state index contributed by atoms with van der Waals surface area (Å²) in [4.78, 5) is 0. The Labute approximate surface area is 294 Å². The standard InChI is InChI=1S/C21H12Br10O4Si/c22-8-1-9-32-36(33-13-5-2-10(23)16(26)19(13)29,34-14-6-3-11(24)17(27)20(14)30)35-15-7-4-12(25)18(28)21(15)31/h2-7H,1,8-9H2. The van der Waals surface area contributed by atoms with Crippen molar-refractivity contribution in [3.63, 3.8) is 0 Å². The van der Waals surface area contributed by atoms with E-state index in [1.54, 1.807) is 18.2 Å². The van der Waals surface area contributed by atoms with Crippen molar-refractivity contribution in [2.75, 3.05) is 11.9 Å². The van der Waals surface area contributed by atoms with Gasteiger partial charge in [-0.25, -0.2) is 0 Å². The zero-order chi connectivity index (χ0) is 26.6. The molecule has 3 aromatic carbocycles. The van der Waals surface area contributed by atoms with Gasteiger partial charge in [-0.3, -0.25) is 0 Å². The van der Waals surface area contributed by atoms with Gasteiger partial charge in [0.05, 0.1) is 13.4 Å². The van der Waals surface area contributed by atoms with Crippen LogP contribution in [0, 0.1) is 0 Å². The minimum atomic E-state index is -3.99. The second-order valence-electron chi connectivity index (χ2n) is 6.72. The predicted octanol–water partition coefficient (Wildman–Crippen LogP) is 12.3. The van der Waals surface area contributed by atoms with E-state index in [4.69, 9.17) is 17.7 Å². The van der Waals surface area contributed by atoms with Crippen molar-refractivity contribution in [3.05, 3.63) is 76.7 Å². The van der Waals surface area contributed by atoms with Gasteiger partial charge < -0.3 is 17.7 Å². The first-order chi connectivity index (χ1) is 17.0. The van der Waals surface area contributed by atoms with Crippen molar-refractivity contribution in [1.29, 1.82) is 0 Å². The monoisotopic (exact) mass is 1150 g/mol. The molecule has 0 N–H and O–H groups in total. The Morgan fingerprint density at radius 3 is 1.14 bits per heavy atom. The van der Waals surface area contributed by atoms with Gasteiger partial charge in [0.2, 0.25) is 0 Å². The van der Waals surface area contributed by atoms with Crippen LogP contribution in [0.2, 0.25) is 0 Å². The van der Waals surface area contributed by atoms with E-state index in [9.17, 15) is 0 Å². The first kappa shape index (κ1) is 32.6. The molecule has 4 nitrogen and oxygen atoms in total. The quantitative estimate of drug-likeness (QED) is 0.0877. The molecule has 194 valence electrons. The minimum Gasteiger partial charge on any atom is -0.460 e. The van der Waals surface area contributed by atoms with Gasteiger partial charge in [0, 0.05) is 38.8 Å². The molecule has 3 aromatic rings. The third-order valence-corrected chi connectivity index (χ3v) is 16.8. The summed E-state index contributed by atoms with van der Waals surface area (Å²) in [5.41, 5.74) is 0. The van der Waals surface area contributed by atoms with E-state index in [2.05, 4.69) is 159 Å². The molecule has 0 aliphatic carbocycles. The molecule has 0 bridgehead atoms. The van der Waals surface area contributed by atoms with E-state index < -0.39 is 9.05 Å². The maximum atomic E-state index is 6.54. The summed E-state index contributed by atoms with van der Waals surface area (Å²) in [7, 11) is -3.99. The highest BCUT2D eigenvalue weighted by Gasteiger charge is 2.56. The van der Waals surface area contributed by atoms with Crippen LogP contribution in [0.5, 0.6) is 17.2 Å². The highest BCUT2D eigenvalue weighted by atomic mass is 79.9. The van der Waals surface area contributed by atoms with Crippen LogP contribution in [0.15, 0.2) is 76.7 Å². The Bertz CT molecular complexity index is 1120. The van der Waals surface area contributed by atoms with Crippen molar-refractivity contribution in [2.24, 2.45) is 0 Å². The molecule has 0 aliphatic rings. The van der Waals surface area contributed by atoms with Crippen LogP contribution >= 0.6 is 159 Å². The molecular weight excluding hydrogens is 1140 g/mol. The number of halogens is 10. The molecule has 0 fully saturated rings. The van der Waals surface area contributed by atoms with E-state index in [-0.39, 0.29) is 0 Å². The van der Waals surface area contributed by atoms with E-state index in [0.717, 1.165) is 32.2 Å². The Balaban J connectivity index is 2.18. The SMILES string of the molecule is BrCCCO[Si](Oc1ccc(Br)c(Br)c1Br)(Oc1ccc(Br)c(Br)c1Br)Oc1ccc(Br)c(Br)c1Br. The molecule has 0 aliphatic heterocycles. The van der Waals surface area contributed by atoms with Crippen molar-refractivity contribution < 1.29 is 17.7 Å². The summed E-state index contributed by atoms with van der Waals surface area (Å²) < 4.78 is 32.9. The van der Waals surface area contributed by atoms with Crippen LogP contribution in [-0.4, -0.2) is 21.0 Å². The second-order valence-corrected chi connectivity index (χ2v) is 16.7. The normalized spacial score (nSPS) is 11.5. The topological polar surface area (TPSA) is 36.9 Å². The third-order valence-electron chi connectivity index (χ3n) is 4.26. The Hall–Kier alpha value is 2.04.